The summed E-state index contributed by atoms with van der Waals surface area (Å²) >= 11 is 6.75. The summed E-state index contributed by atoms with van der Waals surface area (Å²) in [5.41, 5.74) is 0.879. The molecule has 0 aliphatic heterocycles. The van der Waals surface area contributed by atoms with Crippen molar-refractivity contribution in [2.24, 2.45) is 0 Å². The van der Waals surface area contributed by atoms with Crippen LogP contribution in [0, 0.1) is 6.92 Å². The lowest BCUT2D eigenvalue weighted by atomic mass is 10.1. The van der Waals surface area contributed by atoms with Crippen molar-refractivity contribution in [2.45, 2.75) is 78.9 Å². The fourth-order valence-electron chi connectivity index (χ4n) is 3.43. The minimum atomic E-state index is -1.91. The minimum Gasteiger partial charge on any atom is -0.492 e. The molecule has 0 spiro atoms. The fourth-order valence-corrected chi connectivity index (χ4v) is 3.68. The van der Waals surface area contributed by atoms with E-state index in [0.717, 1.165) is 24.8 Å². The van der Waals surface area contributed by atoms with Crippen LogP contribution in [0.4, 0.5) is 0 Å². The molecule has 2 rings (SSSR count). The molecule has 0 radical (unpaired) electrons. The average Bonchev–Trinajstić information content (AvgIpc) is 2.86. The predicted molar refractivity (Wildman–Crippen MR) is 141 cm³/mol. The van der Waals surface area contributed by atoms with Gasteiger partial charge in [-0.25, -0.2) is 4.79 Å². The number of rotatable bonds is 17. The van der Waals surface area contributed by atoms with Crippen molar-refractivity contribution >= 4 is 17.6 Å². The first kappa shape index (κ1) is 29.6. The first-order valence-corrected chi connectivity index (χ1v) is 13.1. The number of aryl methyl sites for hydroxylation is 1. The molecule has 36 heavy (non-hydrogen) atoms. The monoisotopic (exact) mass is 522 g/mol. The number of para-hydroxylation sites is 1. The smallest absolute Gasteiger partial charge is 0.377 e. The van der Waals surface area contributed by atoms with Gasteiger partial charge in [0, 0.05) is 12.5 Å². The van der Waals surface area contributed by atoms with Crippen LogP contribution in [0.15, 0.2) is 30.3 Å². The number of carbonyl (C=O) groups is 1. The molecule has 1 unspecified atom stereocenters. The molecule has 0 saturated carbocycles. The van der Waals surface area contributed by atoms with E-state index in [1.54, 1.807) is 6.07 Å². The van der Waals surface area contributed by atoms with Gasteiger partial charge in [0.2, 0.25) is 5.75 Å². The number of carboxylic acids is 1. The van der Waals surface area contributed by atoms with Crippen molar-refractivity contribution in [1.29, 1.82) is 0 Å². The molecule has 8 heteroatoms. The highest BCUT2D eigenvalue weighted by Gasteiger charge is 2.43. The van der Waals surface area contributed by atoms with Crippen LogP contribution in [0.2, 0.25) is 5.02 Å². The van der Waals surface area contributed by atoms with Crippen LogP contribution in [0.1, 0.15) is 71.8 Å². The Morgan fingerprint density at radius 3 is 2.22 bits per heavy atom. The number of benzene rings is 2. The summed E-state index contributed by atoms with van der Waals surface area (Å²) in [7, 11) is 0. The van der Waals surface area contributed by atoms with Crippen molar-refractivity contribution in [1.82, 2.24) is 0 Å². The molecule has 7 nitrogen and oxygen atoms in total. The maximum absolute atomic E-state index is 12.5. The van der Waals surface area contributed by atoms with Crippen LogP contribution in [0.3, 0.4) is 0 Å². The summed E-state index contributed by atoms with van der Waals surface area (Å²) in [6.07, 6.45) is 3.78. The zero-order chi connectivity index (χ0) is 26.6. The van der Waals surface area contributed by atoms with Crippen molar-refractivity contribution in [3.8, 4) is 28.7 Å². The van der Waals surface area contributed by atoms with Gasteiger partial charge in [0.1, 0.15) is 16.5 Å². The molecule has 0 amide bonds. The third kappa shape index (κ3) is 7.68. The Kier molecular flexibility index (Phi) is 12.2. The fraction of sp³-hybridized carbons (Fsp3) is 0.536. The van der Waals surface area contributed by atoms with Crippen LogP contribution in [0.25, 0.3) is 0 Å². The summed E-state index contributed by atoms with van der Waals surface area (Å²) in [6.45, 7) is 10.7. The molecule has 200 valence electrons. The largest absolute Gasteiger partial charge is 0.492 e. The van der Waals surface area contributed by atoms with Gasteiger partial charge in [-0.05, 0) is 44.2 Å². The molecule has 0 fully saturated rings. The molecule has 1 atom stereocenters. The minimum absolute atomic E-state index is 0.118. The Labute approximate surface area is 219 Å². The molecule has 0 heterocycles. The summed E-state index contributed by atoms with van der Waals surface area (Å²) < 4.78 is 30.3. The van der Waals surface area contributed by atoms with E-state index in [9.17, 15) is 9.90 Å². The van der Waals surface area contributed by atoms with Crippen LogP contribution in [-0.2, 0) is 9.53 Å². The van der Waals surface area contributed by atoms with E-state index >= 15 is 0 Å². The van der Waals surface area contributed by atoms with Gasteiger partial charge in [0.05, 0.1) is 19.8 Å². The van der Waals surface area contributed by atoms with Crippen LogP contribution in [0.5, 0.6) is 28.7 Å². The lowest BCUT2D eigenvalue weighted by Crippen LogP contribution is -2.47. The molecular formula is C28H39ClO7. The van der Waals surface area contributed by atoms with E-state index in [4.69, 9.17) is 35.3 Å². The Morgan fingerprint density at radius 2 is 1.61 bits per heavy atom. The highest BCUT2D eigenvalue weighted by Crippen LogP contribution is 2.51. The SMILES string of the molecule is CCCCOc1cc(OC(CCC)(OCCC)C(=O)O)c(Oc2ccccc2C)c(OCCC)c1Cl. The van der Waals surface area contributed by atoms with Gasteiger partial charge >= 0.3 is 11.8 Å². The second-order valence-electron chi connectivity index (χ2n) is 8.52. The topological polar surface area (TPSA) is 83.5 Å². The Hall–Kier alpha value is -2.64. The standard InChI is InChI=1S/C28H39ClO7/c1-6-10-18-32-22-19-23(36-28(15-7-2,27(30)31)34-17-9-4)25(26(24(22)29)33-16-8-3)35-21-14-12-11-13-20(21)5/h11-14,19H,6-10,15-18H2,1-5H3,(H,30,31). The van der Waals surface area contributed by atoms with Crippen LogP contribution >= 0.6 is 11.6 Å². The molecule has 0 aromatic heterocycles. The van der Waals surface area contributed by atoms with Gasteiger partial charge in [-0.2, -0.15) is 0 Å². The molecule has 0 bridgehead atoms. The van der Waals surface area contributed by atoms with E-state index in [1.165, 1.54) is 0 Å². The van der Waals surface area contributed by atoms with E-state index in [0.29, 0.717) is 37.6 Å². The third-order valence-electron chi connectivity index (χ3n) is 5.34. The summed E-state index contributed by atoms with van der Waals surface area (Å²) in [6, 6.07) is 9.04. The lowest BCUT2D eigenvalue weighted by molar-refractivity contribution is -0.215. The van der Waals surface area contributed by atoms with Gasteiger partial charge in [-0.15, -0.1) is 0 Å². The predicted octanol–water partition coefficient (Wildman–Crippen LogP) is 7.79. The molecular weight excluding hydrogens is 484 g/mol. The second-order valence-corrected chi connectivity index (χ2v) is 8.90. The summed E-state index contributed by atoms with van der Waals surface area (Å²) in [5, 5.41) is 10.4. The number of halogens is 1. The van der Waals surface area contributed by atoms with E-state index < -0.39 is 11.8 Å². The highest BCUT2D eigenvalue weighted by molar-refractivity contribution is 6.34. The van der Waals surface area contributed by atoms with Gasteiger partial charge in [0.15, 0.2) is 11.5 Å². The van der Waals surface area contributed by atoms with Crippen molar-refractivity contribution in [3.63, 3.8) is 0 Å². The highest BCUT2D eigenvalue weighted by atomic mass is 35.5. The van der Waals surface area contributed by atoms with E-state index in [-0.39, 0.29) is 35.3 Å². The Balaban J connectivity index is 2.73. The van der Waals surface area contributed by atoms with Crippen molar-refractivity contribution in [2.75, 3.05) is 19.8 Å². The number of hydrogen-bond acceptors (Lipinski definition) is 6. The normalized spacial score (nSPS) is 12.6. The molecule has 1 N–H and O–H groups in total. The summed E-state index contributed by atoms with van der Waals surface area (Å²) in [4.78, 5) is 12.5. The van der Waals surface area contributed by atoms with Crippen LogP contribution < -0.4 is 18.9 Å². The summed E-state index contributed by atoms with van der Waals surface area (Å²) in [5.74, 6) is -1.72. The maximum atomic E-state index is 12.5. The Bertz CT molecular complexity index is 979. The molecule has 0 saturated heterocycles. The number of hydrogen-bond donors (Lipinski definition) is 1. The second kappa shape index (κ2) is 14.8. The lowest BCUT2D eigenvalue weighted by Gasteiger charge is -2.31. The van der Waals surface area contributed by atoms with E-state index in [2.05, 4.69) is 6.92 Å². The zero-order valence-corrected chi connectivity index (χ0v) is 22.8. The Morgan fingerprint density at radius 1 is 0.889 bits per heavy atom. The average molecular weight is 523 g/mol. The molecule has 0 aliphatic rings. The van der Waals surface area contributed by atoms with Crippen LogP contribution in [-0.4, -0.2) is 36.7 Å². The number of carboxylic acid groups (broad SMARTS) is 1. The first-order valence-electron chi connectivity index (χ1n) is 12.7. The zero-order valence-electron chi connectivity index (χ0n) is 22.0. The van der Waals surface area contributed by atoms with Gasteiger partial charge in [0.25, 0.3) is 0 Å². The third-order valence-corrected chi connectivity index (χ3v) is 5.70. The van der Waals surface area contributed by atoms with E-state index in [1.807, 2.05) is 52.0 Å². The molecule has 0 aliphatic carbocycles. The first-order chi connectivity index (χ1) is 17.3. The quantitative estimate of drug-likeness (QED) is 0.167. The number of ether oxygens (including phenoxy) is 5. The van der Waals surface area contributed by atoms with Gasteiger partial charge in [-0.1, -0.05) is 63.9 Å². The number of unbranched alkanes of at least 4 members (excludes halogenated alkanes) is 1. The van der Waals surface area contributed by atoms with Gasteiger partial charge in [-0.3, -0.25) is 0 Å². The molecule has 2 aromatic carbocycles. The number of aliphatic carboxylic acids is 1. The maximum Gasteiger partial charge on any atom is 0.377 e. The van der Waals surface area contributed by atoms with Crippen molar-refractivity contribution in [3.05, 3.63) is 40.9 Å². The van der Waals surface area contributed by atoms with Gasteiger partial charge < -0.3 is 28.8 Å². The van der Waals surface area contributed by atoms with Crippen molar-refractivity contribution < 1.29 is 33.6 Å². The molecule has 2 aromatic rings.